The van der Waals surface area contributed by atoms with E-state index in [2.05, 4.69) is 12.2 Å². The van der Waals surface area contributed by atoms with Crippen LogP contribution >= 0.6 is 11.8 Å². The van der Waals surface area contributed by atoms with Gasteiger partial charge in [-0.25, -0.2) is 0 Å². The fourth-order valence-corrected chi connectivity index (χ4v) is 3.92. The van der Waals surface area contributed by atoms with Crippen molar-refractivity contribution in [2.45, 2.75) is 25.8 Å². The molecular formula is C14H19FN2O2S. The first-order valence-corrected chi connectivity index (χ1v) is 8.01. The second kappa shape index (κ2) is 7.04. The summed E-state index contributed by atoms with van der Waals surface area (Å²) in [5.74, 6) is 1.86. The Morgan fingerprint density at radius 3 is 2.95 bits per heavy atom. The molecule has 1 saturated heterocycles. The molecule has 0 radical (unpaired) electrons. The monoisotopic (exact) mass is 298 g/mol. The number of nitro benzene ring substituents is 1. The molecule has 2 rings (SSSR count). The summed E-state index contributed by atoms with van der Waals surface area (Å²) >= 11 is 1.91. The van der Waals surface area contributed by atoms with Crippen molar-refractivity contribution in [2.24, 2.45) is 5.92 Å². The Balaban J connectivity index is 2.02. The minimum atomic E-state index is -0.740. The standard InChI is InChI=1S/C14H19FN2O2S/c1-2-5-16-13-9-20-8-11(13)6-10-3-4-14(17(18)19)12(15)7-10/h3-4,7,11,13,16H,2,5-6,8-9H2,1H3. The molecule has 1 aliphatic heterocycles. The lowest BCUT2D eigenvalue weighted by atomic mass is 9.94. The van der Waals surface area contributed by atoms with E-state index in [0.29, 0.717) is 12.0 Å². The maximum absolute atomic E-state index is 13.6. The zero-order valence-electron chi connectivity index (χ0n) is 11.5. The van der Waals surface area contributed by atoms with E-state index >= 15 is 0 Å². The van der Waals surface area contributed by atoms with E-state index in [9.17, 15) is 14.5 Å². The summed E-state index contributed by atoms with van der Waals surface area (Å²) in [4.78, 5) is 9.92. The molecule has 1 aromatic carbocycles. The fraction of sp³-hybridized carbons (Fsp3) is 0.571. The van der Waals surface area contributed by atoms with Gasteiger partial charge < -0.3 is 5.32 Å². The number of hydrogen-bond donors (Lipinski definition) is 1. The molecule has 1 N–H and O–H groups in total. The van der Waals surface area contributed by atoms with Crippen LogP contribution in [0, 0.1) is 21.8 Å². The molecular weight excluding hydrogens is 279 g/mol. The highest BCUT2D eigenvalue weighted by atomic mass is 32.2. The minimum absolute atomic E-state index is 0.449. The predicted octanol–water partition coefficient (Wildman–Crippen LogP) is 3.01. The van der Waals surface area contributed by atoms with Gasteiger partial charge in [0.25, 0.3) is 0 Å². The summed E-state index contributed by atoms with van der Waals surface area (Å²) < 4.78 is 13.6. The summed E-state index contributed by atoms with van der Waals surface area (Å²) in [5.41, 5.74) is 0.388. The van der Waals surface area contributed by atoms with Crippen LogP contribution in [0.4, 0.5) is 10.1 Å². The zero-order chi connectivity index (χ0) is 14.5. The Labute approximate surface area is 122 Å². The second-order valence-corrected chi connectivity index (χ2v) is 6.18. The average molecular weight is 298 g/mol. The highest BCUT2D eigenvalue weighted by Crippen LogP contribution is 2.28. The van der Waals surface area contributed by atoms with E-state index in [0.717, 1.165) is 36.5 Å². The Bertz CT molecular complexity index is 484. The summed E-state index contributed by atoms with van der Waals surface area (Å²) in [6.45, 7) is 3.13. The summed E-state index contributed by atoms with van der Waals surface area (Å²) in [6.07, 6.45) is 1.86. The van der Waals surface area contributed by atoms with Crippen LogP contribution in [-0.2, 0) is 6.42 Å². The lowest BCUT2D eigenvalue weighted by molar-refractivity contribution is -0.387. The number of hydrogen-bond acceptors (Lipinski definition) is 4. The van der Waals surface area contributed by atoms with E-state index in [1.807, 2.05) is 11.8 Å². The first-order chi connectivity index (χ1) is 9.61. The number of halogens is 1. The summed E-state index contributed by atoms with van der Waals surface area (Å²) in [6, 6.07) is 4.69. The molecule has 0 aliphatic carbocycles. The molecule has 1 aromatic rings. The normalized spacial score (nSPS) is 22.1. The average Bonchev–Trinajstić information content (AvgIpc) is 2.83. The van der Waals surface area contributed by atoms with Gasteiger partial charge in [-0.1, -0.05) is 13.0 Å². The summed E-state index contributed by atoms with van der Waals surface area (Å²) in [5, 5.41) is 14.1. The van der Waals surface area contributed by atoms with Crippen molar-refractivity contribution in [1.82, 2.24) is 5.32 Å². The van der Waals surface area contributed by atoms with Crippen molar-refractivity contribution in [3.8, 4) is 0 Å². The third kappa shape index (κ3) is 3.70. The molecule has 0 amide bonds. The van der Waals surface area contributed by atoms with Gasteiger partial charge in [-0.3, -0.25) is 10.1 Å². The first-order valence-electron chi connectivity index (χ1n) is 6.85. The zero-order valence-corrected chi connectivity index (χ0v) is 12.3. The van der Waals surface area contributed by atoms with Gasteiger partial charge in [0.15, 0.2) is 0 Å². The molecule has 2 atom stereocenters. The van der Waals surface area contributed by atoms with E-state index in [1.54, 1.807) is 6.07 Å². The SMILES string of the molecule is CCCNC1CSCC1Cc1ccc([N+](=O)[O-])c(F)c1. The van der Waals surface area contributed by atoms with Crippen LogP contribution < -0.4 is 5.32 Å². The smallest absolute Gasteiger partial charge is 0.304 e. The Hall–Kier alpha value is -1.14. The van der Waals surface area contributed by atoms with Gasteiger partial charge in [-0.2, -0.15) is 16.2 Å². The predicted molar refractivity (Wildman–Crippen MR) is 79.7 cm³/mol. The van der Waals surface area contributed by atoms with Crippen molar-refractivity contribution in [3.05, 3.63) is 39.7 Å². The molecule has 1 fully saturated rings. The van der Waals surface area contributed by atoms with Crippen LogP contribution in [0.15, 0.2) is 18.2 Å². The van der Waals surface area contributed by atoms with Gasteiger partial charge in [0.2, 0.25) is 5.82 Å². The molecule has 1 aliphatic rings. The topological polar surface area (TPSA) is 55.2 Å². The molecule has 1 heterocycles. The van der Waals surface area contributed by atoms with Crippen LogP contribution in [0.3, 0.4) is 0 Å². The highest BCUT2D eigenvalue weighted by molar-refractivity contribution is 7.99. The highest BCUT2D eigenvalue weighted by Gasteiger charge is 2.27. The largest absolute Gasteiger partial charge is 0.313 e. The number of rotatable bonds is 6. The van der Waals surface area contributed by atoms with Crippen molar-refractivity contribution < 1.29 is 9.31 Å². The molecule has 0 aromatic heterocycles. The minimum Gasteiger partial charge on any atom is -0.313 e. The first kappa shape index (κ1) is 15.3. The number of thioether (sulfide) groups is 1. The molecule has 0 bridgehead atoms. The molecule has 6 heteroatoms. The van der Waals surface area contributed by atoms with Crippen LogP contribution in [0.25, 0.3) is 0 Å². The number of nitrogens with zero attached hydrogens (tertiary/aromatic N) is 1. The fourth-order valence-electron chi connectivity index (χ4n) is 2.48. The maximum atomic E-state index is 13.6. The van der Waals surface area contributed by atoms with Crippen LogP contribution in [0.2, 0.25) is 0 Å². The quantitative estimate of drug-likeness (QED) is 0.648. The van der Waals surface area contributed by atoms with Crippen molar-refractivity contribution in [3.63, 3.8) is 0 Å². The number of nitrogens with one attached hydrogen (secondary N) is 1. The van der Waals surface area contributed by atoms with Crippen LogP contribution in [-0.4, -0.2) is 29.0 Å². The number of nitro groups is 1. The third-order valence-corrected chi connectivity index (χ3v) is 4.82. The van der Waals surface area contributed by atoms with Crippen molar-refractivity contribution >= 4 is 17.4 Å². The summed E-state index contributed by atoms with van der Waals surface area (Å²) in [7, 11) is 0. The van der Waals surface area contributed by atoms with Gasteiger partial charge in [0.1, 0.15) is 0 Å². The third-order valence-electron chi connectivity index (χ3n) is 3.56. The molecule has 110 valence electrons. The number of benzene rings is 1. The Morgan fingerprint density at radius 1 is 1.50 bits per heavy atom. The molecule has 2 unspecified atom stereocenters. The van der Waals surface area contributed by atoms with Crippen LogP contribution in [0.5, 0.6) is 0 Å². The second-order valence-electron chi connectivity index (χ2n) is 5.11. The lowest BCUT2D eigenvalue weighted by Gasteiger charge is -2.20. The van der Waals surface area contributed by atoms with E-state index in [4.69, 9.17) is 0 Å². The van der Waals surface area contributed by atoms with Crippen molar-refractivity contribution in [1.29, 1.82) is 0 Å². The molecule has 4 nitrogen and oxygen atoms in total. The van der Waals surface area contributed by atoms with Gasteiger partial charge in [-0.15, -0.1) is 0 Å². The van der Waals surface area contributed by atoms with Gasteiger partial charge in [0, 0.05) is 17.9 Å². The van der Waals surface area contributed by atoms with Gasteiger partial charge in [-0.05, 0) is 42.7 Å². The maximum Gasteiger partial charge on any atom is 0.304 e. The Kier molecular flexibility index (Phi) is 5.37. The molecule has 0 saturated carbocycles. The van der Waals surface area contributed by atoms with E-state index in [-0.39, 0.29) is 0 Å². The molecule has 20 heavy (non-hydrogen) atoms. The van der Waals surface area contributed by atoms with Gasteiger partial charge >= 0.3 is 5.69 Å². The van der Waals surface area contributed by atoms with Crippen molar-refractivity contribution in [2.75, 3.05) is 18.1 Å². The van der Waals surface area contributed by atoms with Gasteiger partial charge in [0.05, 0.1) is 4.92 Å². The molecule has 0 spiro atoms. The van der Waals surface area contributed by atoms with E-state index < -0.39 is 16.4 Å². The Morgan fingerprint density at radius 2 is 2.30 bits per heavy atom. The van der Waals surface area contributed by atoms with Crippen LogP contribution in [0.1, 0.15) is 18.9 Å². The van der Waals surface area contributed by atoms with E-state index in [1.165, 1.54) is 12.1 Å². The lowest BCUT2D eigenvalue weighted by Crippen LogP contribution is -2.36.